The molecule has 3 N–H and O–H groups in total. The molecule has 0 saturated heterocycles. The Bertz CT molecular complexity index is 1160. The number of anilines is 1. The Kier molecular flexibility index (Phi) is 10.1. The van der Waals surface area contributed by atoms with Crippen LogP contribution in [0, 0.1) is 6.92 Å². The summed E-state index contributed by atoms with van der Waals surface area (Å²) in [6, 6.07) is 20.5. The van der Waals surface area contributed by atoms with Gasteiger partial charge in [-0.2, -0.15) is 0 Å². The molecule has 0 aromatic heterocycles. The summed E-state index contributed by atoms with van der Waals surface area (Å²) in [5.41, 5.74) is 7.59. The van der Waals surface area contributed by atoms with E-state index in [2.05, 4.69) is 23.1 Å². The molecule has 0 atom stereocenters. The molecule has 0 aliphatic carbocycles. The fraction of sp³-hybridized carbons (Fsp3) is 0.276. The molecule has 188 valence electrons. The Balaban J connectivity index is 1.44. The number of unbranched alkanes of at least 4 members (excludes halogenated alkanes) is 4. The van der Waals surface area contributed by atoms with Gasteiger partial charge in [-0.05, 0) is 73.5 Å². The van der Waals surface area contributed by atoms with Crippen LogP contribution in [0.4, 0.5) is 5.69 Å². The molecule has 0 bridgehead atoms. The van der Waals surface area contributed by atoms with Crippen molar-refractivity contribution in [3.63, 3.8) is 0 Å². The van der Waals surface area contributed by atoms with Crippen LogP contribution < -0.4 is 20.9 Å². The lowest BCUT2D eigenvalue weighted by atomic mass is 10.1. The number of amides is 3. The third kappa shape index (κ3) is 7.98. The molecular formula is C29H33N3O4. The van der Waals surface area contributed by atoms with Crippen LogP contribution in [0.2, 0.25) is 0 Å². The standard InChI is InChI=1S/C29H33N3O4/c1-3-4-5-6-9-20-36-25-18-14-23(15-19-25)28(34)32-31-27(33)22-12-16-24(17-13-22)30-29(35)26-11-8-7-10-21(26)2/h7-8,10-19H,3-6,9,20H2,1-2H3,(H,30,35)(H,31,33)(H,32,34). The molecule has 0 fully saturated rings. The van der Waals surface area contributed by atoms with E-state index in [1.807, 2.05) is 25.1 Å². The number of hydrazine groups is 1. The van der Waals surface area contributed by atoms with Crippen molar-refractivity contribution in [2.45, 2.75) is 46.0 Å². The highest BCUT2D eigenvalue weighted by molar-refractivity contribution is 6.05. The number of ether oxygens (including phenoxy) is 1. The minimum atomic E-state index is -0.469. The molecule has 3 aromatic carbocycles. The molecule has 0 aliphatic heterocycles. The maximum Gasteiger partial charge on any atom is 0.269 e. The highest BCUT2D eigenvalue weighted by Gasteiger charge is 2.11. The third-order valence-corrected chi connectivity index (χ3v) is 5.72. The predicted octanol–water partition coefficient (Wildman–Crippen LogP) is 5.67. The zero-order chi connectivity index (χ0) is 25.8. The average Bonchev–Trinajstić information content (AvgIpc) is 2.90. The maximum absolute atomic E-state index is 12.4. The van der Waals surface area contributed by atoms with E-state index < -0.39 is 11.8 Å². The van der Waals surface area contributed by atoms with E-state index in [4.69, 9.17) is 4.74 Å². The highest BCUT2D eigenvalue weighted by atomic mass is 16.5. The zero-order valence-electron chi connectivity index (χ0n) is 20.8. The number of aryl methyl sites for hydroxylation is 1. The second-order valence-electron chi connectivity index (χ2n) is 8.54. The lowest BCUT2D eigenvalue weighted by Crippen LogP contribution is -2.41. The van der Waals surface area contributed by atoms with Gasteiger partial charge in [0.05, 0.1) is 6.61 Å². The Morgan fingerprint density at radius 3 is 1.89 bits per heavy atom. The zero-order valence-corrected chi connectivity index (χ0v) is 20.8. The number of hydrogen-bond donors (Lipinski definition) is 3. The lowest BCUT2D eigenvalue weighted by molar-refractivity contribution is 0.0846. The van der Waals surface area contributed by atoms with Crippen LogP contribution in [0.3, 0.4) is 0 Å². The van der Waals surface area contributed by atoms with Gasteiger partial charge in [-0.3, -0.25) is 25.2 Å². The van der Waals surface area contributed by atoms with Crippen molar-refractivity contribution in [2.75, 3.05) is 11.9 Å². The number of nitrogens with one attached hydrogen (secondary N) is 3. The number of carbonyl (C=O) groups excluding carboxylic acids is 3. The summed E-state index contributed by atoms with van der Waals surface area (Å²) < 4.78 is 5.71. The number of rotatable bonds is 11. The number of hydrogen-bond acceptors (Lipinski definition) is 4. The molecule has 7 nitrogen and oxygen atoms in total. The first-order chi connectivity index (χ1) is 17.5. The maximum atomic E-state index is 12.4. The molecule has 0 aliphatic rings. The van der Waals surface area contributed by atoms with Crippen LogP contribution in [0.1, 0.15) is 75.7 Å². The Labute approximate surface area is 212 Å². The van der Waals surface area contributed by atoms with E-state index in [1.54, 1.807) is 54.6 Å². The predicted molar refractivity (Wildman–Crippen MR) is 141 cm³/mol. The van der Waals surface area contributed by atoms with E-state index >= 15 is 0 Å². The van der Waals surface area contributed by atoms with Gasteiger partial charge in [-0.15, -0.1) is 0 Å². The molecule has 0 heterocycles. The van der Waals surface area contributed by atoms with Crippen LogP contribution in [0.5, 0.6) is 5.75 Å². The minimum absolute atomic E-state index is 0.221. The van der Waals surface area contributed by atoms with Crippen molar-refractivity contribution < 1.29 is 19.1 Å². The van der Waals surface area contributed by atoms with Gasteiger partial charge in [0.25, 0.3) is 17.7 Å². The van der Waals surface area contributed by atoms with E-state index in [0.717, 1.165) is 18.4 Å². The SMILES string of the molecule is CCCCCCCOc1ccc(C(=O)NNC(=O)c2ccc(NC(=O)c3ccccc3C)cc2)cc1. The van der Waals surface area contributed by atoms with E-state index in [1.165, 1.54) is 19.3 Å². The van der Waals surface area contributed by atoms with Gasteiger partial charge in [0.15, 0.2) is 0 Å². The van der Waals surface area contributed by atoms with Gasteiger partial charge in [0, 0.05) is 22.4 Å². The molecule has 36 heavy (non-hydrogen) atoms. The summed E-state index contributed by atoms with van der Waals surface area (Å²) >= 11 is 0. The Hall–Kier alpha value is -4.13. The summed E-state index contributed by atoms with van der Waals surface area (Å²) in [5.74, 6) is -0.415. The third-order valence-electron chi connectivity index (χ3n) is 5.72. The van der Waals surface area contributed by atoms with Gasteiger partial charge in [0.2, 0.25) is 0 Å². The average molecular weight is 488 g/mol. The molecule has 3 aromatic rings. The van der Waals surface area contributed by atoms with Gasteiger partial charge < -0.3 is 10.1 Å². The van der Waals surface area contributed by atoms with E-state index in [0.29, 0.717) is 34.7 Å². The molecular weight excluding hydrogens is 454 g/mol. The second kappa shape index (κ2) is 13.7. The molecule has 0 unspecified atom stereocenters. The first-order valence-corrected chi connectivity index (χ1v) is 12.3. The summed E-state index contributed by atoms with van der Waals surface area (Å²) in [6.07, 6.45) is 5.84. The molecule has 0 spiro atoms. The summed E-state index contributed by atoms with van der Waals surface area (Å²) in [6.45, 7) is 4.71. The van der Waals surface area contributed by atoms with Crippen LogP contribution in [-0.2, 0) is 0 Å². The second-order valence-corrected chi connectivity index (χ2v) is 8.54. The van der Waals surface area contributed by atoms with Gasteiger partial charge in [0.1, 0.15) is 5.75 Å². The van der Waals surface area contributed by atoms with Crippen LogP contribution in [-0.4, -0.2) is 24.3 Å². The van der Waals surface area contributed by atoms with Crippen molar-refractivity contribution in [1.29, 1.82) is 0 Å². The van der Waals surface area contributed by atoms with Gasteiger partial charge >= 0.3 is 0 Å². The Morgan fingerprint density at radius 1 is 0.694 bits per heavy atom. The molecule has 0 saturated carbocycles. The van der Waals surface area contributed by atoms with Crippen LogP contribution >= 0.6 is 0 Å². The monoisotopic (exact) mass is 487 g/mol. The normalized spacial score (nSPS) is 10.4. The number of carbonyl (C=O) groups is 3. The number of benzene rings is 3. The minimum Gasteiger partial charge on any atom is -0.494 e. The molecule has 3 rings (SSSR count). The summed E-state index contributed by atoms with van der Waals surface area (Å²) in [4.78, 5) is 37.2. The van der Waals surface area contributed by atoms with Crippen molar-refractivity contribution in [3.05, 3.63) is 95.1 Å². The van der Waals surface area contributed by atoms with Crippen molar-refractivity contribution in [3.8, 4) is 5.75 Å². The van der Waals surface area contributed by atoms with Crippen LogP contribution in [0.25, 0.3) is 0 Å². The van der Waals surface area contributed by atoms with Gasteiger partial charge in [-0.1, -0.05) is 50.8 Å². The van der Waals surface area contributed by atoms with Crippen LogP contribution in [0.15, 0.2) is 72.8 Å². The topological polar surface area (TPSA) is 96.5 Å². The fourth-order valence-electron chi connectivity index (χ4n) is 3.59. The smallest absolute Gasteiger partial charge is 0.269 e. The largest absolute Gasteiger partial charge is 0.494 e. The van der Waals surface area contributed by atoms with E-state index in [9.17, 15) is 14.4 Å². The van der Waals surface area contributed by atoms with Crippen molar-refractivity contribution in [2.24, 2.45) is 0 Å². The summed E-state index contributed by atoms with van der Waals surface area (Å²) in [7, 11) is 0. The quantitative estimate of drug-likeness (QED) is 0.240. The molecule has 0 radical (unpaired) electrons. The lowest BCUT2D eigenvalue weighted by Gasteiger charge is -2.10. The van der Waals surface area contributed by atoms with Gasteiger partial charge in [-0.25, -0.2) is 0 Å². The van der Waals surface area contributed by atoms with E-state index in [-0.39, 0.29) is 5.91 Å². The first-order valence-electron chi connectivity index (χ1n) is 12.3. The highest BCUT2D eigenvalue weighted by Crippen LogP contribution is 2.15. The Morgan fingerprint density at radius 2 is 1.28 bits per heavy atom. The van der Waals surface area contributed by atoms with Crippen molar-refractivity contribution >= 4 is 23.4 Å². The summed E-state index contributed by atoms with van der Waals surface area (Å²) in [5, 5.41) is 2.81. The molecule has 7 heteroatoms. The molecule has 3 amide bonds. The first kappa shape index (κ1) is 26.5. The fourth-order valence-corrected chi connectivity index (χ4v) is 3.59. The van der Waals surface area contributed by atoms with Crippen molar-refractivity contribution in [1.82, 2.24) is 10.9 Å².